The normalized spacial score (nSPS) is 11.5. The maximum Gasteiger partial charge on any atom is 0.327 e. The molecule has 28 heavy (non-hydrogen) atoms. The lowest BCUT2D eigenvalue weighted by molar-refractivity contribution is 0.330. The summed E-state index contributed by atoms with van der Waals surface area (Å²) in [7, 11) is 1.30. The largest absolute Gasteiger partial charge is 0.505 e. The number of nitrogens with zero attached hydrogens (tertiary/aromatic N) is 4. The molecular formula is C19H19N4O4P. The first-order valence-corrected chi connectivity index (χ1v) is 9.19. The summed E-state index contributed by atoms with van der Waals surface area (Å²) in [5.74, 6) is -0.0654. The van der Waals surface area contributed by atoms with Crippen molar-refractivity contribution in [1.82, 2.24) is 14.3 Å². The number of aryl methyl sites for hydroxylation is 1. The summed E-state index contributed by atoms with van der Waals surface area (Å²) in [4.78, 5) is 21.4. The molecule has 2 aromatic heterocycles. The molecule has 8 nitrogen and oxygen atoms in total. The van der Waals surface area contributed by atoms with Crippen molar-refractivity contribution in [3.8, 4) is 11.4 Å². The average Bonchev–Trinajstić information content (AvgIpc) is 2.91. The molecule has 0 atom stereocenters. The van der Waals surface area contributed by atoms with E-state index in [0.717, 1.165) is 5.69 Å². The summed E-state index contributed by atoms with van der Waals surface area (Å²) in [5.41, 5.74) is 2.67. The van der Waals surface area contributed by atoms with Crippen LogP contribution in [0.25, 0.3) is 5.69 Å². The molecule has 0 aliphatic heterocycles. The third-order valence-corrected chi connectivity index (χ3v) is 4.71. The summed E-state index contributed by atoms with van der Waals surface area (Å²) in [6.07, 6.45) is 2.92. The van der Waals surface area contributed by atoms with Gasteiger partial charge in [0.2, 0.25) is 0 Å². The van der Waals surface area contributed by atoms with Gasteiger partial charge in [-0.05, 0) is 26.0 Å². The van der Waals surface area contributed by atoms with Crippen molar-refractivity contribution in [2.75, 3.05) is 0 Å². The van der Waals surface area contributed by atoms with Crippen molar-refractivity contribution in [1.29, 1.82) is 0 Å². The van der Waals surface area contributed by atoms with Gasteiger partial charge >= 0.3 is 8.69 Å². The van der Waals surface area contributed by atoms with Crippen molar-refractivity contribution >= 4 is 20.6 Å². The van der Waals surface area contributed by atoms with Crippen molar-refractivity contribution in [3.63, 3.8) is 0 Å². The second-order valence-corrected chi connectivity index (χ2v) is 6.55. The Kier molecular flexibility index (Phi) is 5.82. The van der Waals surface area contributed by atoms with E-state index in [4.69, 9.17) is 4.52 Å². The molecule has 0 amide bonds. The molecule has 0 radical (unpaired) electrons. The van der Waals surface area contributed by atoms with Crippen LogP contribution in [0.4, 0.5) is 5.69 Å². The zero-order valence-electron chi connectivity index (χ0n) is 15.7. The number of para-hydroxylation sites is 1. The second kappa shape index (κ2) is 8.29. The number of rotatable bonds is 6. The summed E-state index contributed by atoms with van der Waals surface area (Å²) >= 11 is 0. The molecule has 1 aromatic carbocycles. The molecule has 0 aliphatic carbocycles. The zero-order chi connectivity index (χ0) is 20.3. The van der Waals surface area contributed by atoms with Crippen LogP contribution in [0.5, 0.6) is 5.75 Å². The SMILES string of the molecule is Cc1ncc(COP=O)c(C=Nc2c(C)n(C)n(-c3ccccc3)c2=O)c1O. The molecule has 0 saturated heterocycles. The Balaban J connectivity index is 2.09. The summed E-state index contributed by atoms with van der Waals surface area (Å²) in [5, 5.41) is 10.4. The Morgan fingerprint density at radius 2 is 2.00 bits per heavy atom. The number of hydrogen-bond acceptors (Lipinski definition) is 6. The van der Waals surface area contributed by atoms with Crippen molar-refractivity contribution in [3.05, 3.63) is 69.4 Å². The van der Waals surface area contributed by atoms with Crippen LogP contribution in [0, 0.1) is 13.8 Å². The van der Waals surface area contributed by atoms with Gasteiger partial charge in [-0.3, -0.25) is 19.0 Å². The van der Waals surface area contributed by atoms with E-state index in [9.17, 15) is 14.5 Å². The number of aromatic hydroxyl groups is 1. The summed E-state index contributed by atoms with van der Waals surface area (Å²) < 4.78 is 18.7. The number of aromatic nitrogens is 3. The molecule has 0 saturated carbocycles. The minimum absolute atomic E-state index is 0.0186. The molecule has 9 heteroatoms. The number of pyridine rings is 1. The Labute approximate surface area is 163 Å². The second-order valence-electron chi connectivity index (χ2n) is 6.15. The predicted molar refractivity (Wildman–Crippen MR) is 106 cm³/mol. The lowest BCUT2D eigenvalue weighted by Crippen LogP contribution is -2.19. The highest BCUT2D eigenvalue weighted by molar-refractivity contribution is 7.17. The smallest absolute Gasteiger partial charge is 0.327 e. The van der Waals surface area contributed by atoms with Crippen LogP contribution in [-0.4, -0.2) is 25.7 Å². The van der Waals surface area contributed by atoms with Gasteiger partial charge in [0.25, 0.3) is 5.56 Å². The molecule has 0 spiro atoms. The predicted octanol–water partition coefficient (Wildman–Crippen LogP) is 3.37. The van der Waals surface area contributed by atoms with Crippen LogP contribution < -0.4 is 5.56 Å². The maximum absolute atomic E-state index is 12.9. The number of hydrogen-bond donors (Lipinski definition) is 1. The highest BCUT2D eigenvalue weighted by Crippen LogP contribution is 2.25. The van der Waals surface area contributed by atoms with Gasteiger partial charge in [-0.1, -0.05) is 18.2 Å². The first-order valence-electron chi connectivity index (χ1n) is 8.45. The minimum atomic E-state index is -0.477. The van der Waals surface area contributed by atoms with E-state index in [1.54, 1.807) is 25.6 Å². The quantitative estimate of drug-likeness (QED) is 0.507. The van der Waals surface area contributed by atoms with Crippen LogP contribution in [0.2, 0.25) is 0 Å². The topological polar surface area (TPSA) is 98.7 Å². The molecule has 0 unspecified atom stereocenters. The fraction of sp³-hybridized carbons (Fsp3) is 0.211. The fourth-order valence-electron chi connectivity index (χ4n) is 2.84. The standard InChI is InChI=1S/C19H19N4O4P/c1-12-18(24)16(14(9-20-12)11-27-28-26)10-21-17-13(2)22(3)23(19(17)25)15-7-5-4-6-8-15/h4-10,24H,11H2,1-3H3. The lowest BCUT2D eigenvalue weighted by Gasteiger charge is -2.07. The van der Waals surface area contributed by atoms with E-state index >= 15 is 0 Å². The zero-order valence-corrected chi connectivity index (χ0v) is 16.6. The fourth-order valence-corrected chi connectivity index (χ4v) is 3.03. The van der Waals surface area contributed by atoms with Gasteiger partial charge < -0.3 is 5.11 Å². The number of aliphatic imine (C=N–C) groups is 1. The van der Waals surface area contributed by atoms with Crippen molar-refractivity contribution < 1.29 is 14.2 Å². The molecule has 0 bridgehead atoms. The Bertz CT molecular complexity index is 1100. The van der Waals surface area contributed by atoms with Crippen LogP contribution in [-0.2, 0) is 22.7 Å². The van der Waals surface area contributed by atoms with E-state index < -0.39 is 8.69 Å². The van der Waals surface area contributed by atoms with Crippen LogP contribution in [0.1, 0.15) is 22.5 Å². The van der Waals surface area contributed by atoms with E-state index in [2.05, 4.69) is 9.98 Å². The van der Waals surface area contributed by atoms with Crippen molar-refractivity contribution in [2.24, 2.45) is 12.0 Å². The molecule has 0 aliphatic rings. The molecule has 0 fully saturated rings. The molecule has 144 valence electrons. The van der Waals surface area contributed by atoms with E-state index in [1.807, 2.05) is 30.3 Å². The highest BCUT2D eigenvalue weighted by atomic mass is 31.1. The van der Waals surface area contributed by atoms with Gasteiger partial charge in [0, 0.05) is 30.6 Å². The molecule has 2 heterocycles. The number of benzene rings is 1. The third-order valence-electron chi connectivity index (χ3n) is 4.48. The van der Waals surface area contributed by atoms with Gasteiger partial charge in [-0.15, -0.1) is 0 Å². The maximum atomic E-state index is 12.9. The summed E-state index contributed by atoms with van der Waals surface area (Å²) in [6.45, 7) is 3.43. The Morgan fingerprint density at radius 3 is 2.68 bits per heavy atom. The van der Waals surface area contributed by atoms with E-state index in [0.29, 0.717) is 22.5 Å². The van der Waals surface area contributed by atoms with E-state index in [1.165, 1.54) is 17.1 Å². The molecule has 3 aromatic rings. The molecule has 3 rings (SSSR count). The monoisotopic (exact) mass is 398 g/mol. The third kappa shape index (κ3) is 3.65. The van der Waals surface area contributed by atoms with Crippen LogP contribution in [0.3, 0.4) is 0 Å². The first-order chi connectivity index (χ1) is 13.5. The molecule has 1 N–H and O–H groups in total. The minimum Gasteiger partial charge on any atom is -0.505 e. The van der Waals surface area contributed by atoms with Crippen LogP contribution >= 0.6 is 8.69 Å². The van der Waals surface area contributed by atoms with E-state index in [-0.39, 0.29) is 23.6 Å². The summed E-state index contributed by atoms with van der Waals surface area (Å²) in [6, 6.07) is 9.26. The average molecular weight is 398 g/mol. The van der Waals surface area contributed by atoms with Crippen LogP contribution in [0.15, 0.2) is 46.3 Å². The molecular weight excluding hydrogens is 379 g/mol. The van der Waals surface area contributed by atoms with Gasteiger partial charge in [-0.2, -0.15) is 0 Å². The van der Waals surface area contributed by atoms with Gasteiger partial charge in [0.05, 0.1) is 23.7 Å². The lowest BCUT2D eigenvalue weighted by atomic mass is 10.1. The highest BCUT2D eigenvalue weighted by Gasteiger charge is 2.16. The Hall–Kier alpha value is -3.09. The van der Waals surface area contributed by atoms with Crippen molar-refractivity contribution in [2.45, 2.75) is 20.5 Å². The van der Waals surface area contributed by atoms with Gasteiger partial charge in [0.15, 0.2) is 5.69 Å². The Morgan fingerprint density at radius 1 is 1.29 bits per heavy atom. The van der Waals surface area contributed by atoms with Gasteiger partial charge in [-0.25, -0.2) is 14.2 Å². The van der Waals surface area contributed by atoms with Gasteiger partial charge in [0.1, 0.15) is 5.75 Å². The first kappa shape index (κ1) is 19.7.